The molecule has 166 valence electrons. The summed E-state index contributed by atoms with van der Waals surface area (Å²) in [4.78, 5) is 26.9. The van der Waals surface area contributed by atoms with E-state index in [1.165, 1.54) is 11.3 Å². The average Bonchev–Trinajstić information content (AvgIpc) is 3.32. The fourth-order valence-corrected chi connectivity index (χ4v) is 4.43. The van der Waals surface area contributed by atoms with Crippen LogP contribution in [0.25, 0.3) is 0 Å². The summed E-state index contributed by atoms with van der Waals surface area (Å²) in [6.07, 6.45) is 1.58. The molecule has 1 aliphatic rings. The second-order valence-corrected chi connectivity index (χ2v) is 8.69. The van der Waals surface area contributed by atoms with Crippen molar-refractivity contribution in [1.82, 2.24) is 15.1 Å². The monoisotopic (exact) mass is 451 g/mol. The summed E-state index contributed by atoms with van der Waals surface area (Å²) in [6.45, 7) is 3.28. The summed E-state index contributed by atoms with van der Waals surface area (Å²) in [5, 5.41) is 15.3. The van der Waals surface area contributed by atoms with E-state index in [0.29, 0.717) is 23.8 Å². The number of aromatic nitrogens is 2. The number of carbonyl (C=O) groups is 2. The molecule has 4 rings (SSSR count). The molecule has 32 heavy (non-hydrogen) atoms. The number of likely N-dealkylation sites (tertiary alicyclic amines) is 1. The number of rotatable bonds is 5. The molecule has 0 aliphatic carbocycles. The first-order chi connectivity index (χ1) is 15.5. The third kappa shape index (κ3) is 5.23. The molecule has 3 aromatic rings. The van der Waals surface area contributed by atoms with Crippen molar-refractivity contribution in [1.29, 1.82) is 0 Å². The van der Waals surface area contributed by atoms with Crippen LogP contribution in [-0.4, -0.2) is 47.2 Å². The van der Waals surface area contributed by atoms with Crippen LogP contribution in [0.3, 0.4) is 0 Å². The van der Waals surface area contributed by atoms with Gasteiger partial charge in [0.15, 0.2) is 0 Å². The van der Waals surface area contributed by atoms with Gasteiger partial charge in [0.05, 0.1) is 7.11 Å². The number of nitrogens with zero attached hydrogens (tertiary/aromatic N) is 3. The van der Waals surface area contributed by atoms with Gasteiger partial charge in [-0.1, -0.05) is 29.0 Å². The zero-order chi connectivity index (χ0) is 22.5. The van der Waals surface area contributed by atoms with E-state index in [0.717, 1.165) is 34.8 Å². The number of aryl methyl sites for hydroxylation is 1. The Labute approximate surface area is 190 Å². The van der Waals surface area contributed by atoms with Crippen LogP contribution < -0.4 is 15.4 Å². The maximum atomic E-state index is 12.5. The first-order valence-corrected chi connectivity index (χ1v) is 11.2. The third-order valence-electron chi connectivity index (χ3n) is 5.42. The Morgan fingerprint density at radius 3 is 2.25 bits per heavy atom. The first-order valence-electron chi connectivity index (χ1n) is 10.4. The van der Waals surface area contributed by atoms with Crippen LogP contribution in [0.2, 0.25) is 0 Å². The Hall–Kier alpha value is -3.46. The normalized spacial score (nSPS) is 14.1. The van der Waals surface area contributed by atoms with Crippen LogP contribution >= 0.6 is 11.3 Å². The van der Waals surface area contributed by atoms with E-state index >= 15 is 0 Å². The van der Waals surface area contributed by atoms with E-state index in [-0.39, 0.29) is 17.9 Å². The molecule has 2 heterocycles. The SMILES string of the molecule is COc1ccc(NC(=O)c2nnc(C3CCN(C(=O)Nc4ccc(C)cc4)CC3)s2)cc1. The van der Waals surface area contributed by atoms with Crippen LogP contribution in [0.15, 0.2) is 48.5 Å². The fourth-order valence-electron chi connectivity index (χ4n) is 3.52. The Morgan fingerprint density at radius 2 is 1.59 bits per heavy atom. The number of urea groups is 1. The summed E-state index contributed by atoms with van der Waals surface area (Å²) in [6, 6.07) is 14.8. The summed E-state index contributed by atoms with van der Waals surface area (Å²) in [7, 11) is 1.59. The molecule has 1 aromatic heterocycles. The lowest BCUT2D eigenvalue weighted by Crippen LogP contribution is -2.40. The topological polar surface area (TPSA) is 96.4 Å². The van der Waals surface area contributed by atoms with Gasteiger partial charge in [-0.2, -0.15) is 0 Å². The number of nitrogens with one attached hydrogen (secondary N) is 2. The van der Waals surface area contributed by atoms with Gasteiger partial charge in [-0.25, -0.2) is 4.79 Å². The van der Waals surface area contributed by atoms with Crippen LogP contribution in [0, 0.1) is 6.92 Å². The minimum absolute atomic E-state index is 0.0934. The number of amides is 3. The molecule has 0 atom stereocenters. The van der Waals surface area contributed by atoms with E-state index in [1.807, 2.05) is 36.1 Å². The molecule has 0 saturated carbocycles. The van der Waals surface area contributed by atoms with E-state index in [4.69, 9.17) is 4.74 Å². The number of carbonyl (C=O) groups excluding carboxylic acids is 2. The quantitative estimate of drug-likeness (QED) is 0.595. The first kappa shape index (κ1) is 21.8. The van der Waals surface area contributed by atoms with Gasteiger partial charge in [0.25, 0.3) is 5.91 Å². The zero-order valence-electron chi connectivity index (χ0n) is 18.0. The van der Waals surface area contributed by atoms with Crippen LogP contribution in [-0.2, 0) is 0 Å². The van der Waals surface area contributed by atoms with Gasteiger partial charge in [0.1, 0.15) is 10.8 Å². The van der Waals surface area contributed by atoms with Gasteiger partial charge in [-0.3, -0.25) is 4.79 Å². The predicted octanol–water partition coefficient (Wildman–Crippen LogP) is 4.52. The highest BCUT2D eigenvalue weighted by atomic mass is 32.1. The van der Waals surface area contributed by atoms with E-state index < -0.39 is 0 Å². The lowest BCUT2D eigenvalue weighted by Gasteiger charge is -2.31. The second-order valence-electron chi connectivity index (χ2n) is 7.69. The second kappa shape index (κ2) is 9.78. The fraction of sp³-hybridized carbons (Fsp3) is 0.304. The Balaban J connectivity index is 1.29. The Bertz CT molecular complexity index is 1070. The molecule has 3 amide bonds. The molecule has 2 aromatic carbocycles. The molecule has 0 spiro atoms. The van der Waals surface area contributed by atoms with Crippen molar-refractivity contribution >= 4 is 34.6 Å². The number of benzene rings is 2. The molecular formula is C23H25N5O3S. The molecule has 0 radical (unpaired) electrons. The number of ether oxygens (including phenoxy) is 1. The molecule has 8 nitrogen and oxygen atoms in total. The van der Waals surface area contributed by atoms with Crippen molar-refractivity contribution in [2.24, 2.45) is 0 Å². The molecule has 1 fully saturated rings. The van der Waals surface area contributed by atoms with Crippen molar-refractivity contribution < 1.29 is 14.3 Å². The van der Waals surface area contributed by atoms with Crippen molar-refractivity contribution in [2.75, 3.05) is 30.8 Å². The number of piperidine rings is 1. The van der Waals surface area contributed by atoms with Crippen LogP contribution in [0.1, 0.15) is 39.1 Å². The Morgan fingerprint density at radius 1 is 0.969 bits per heavy atom. The zero-order valence-corrected chi connectivity index (χ0v) is 18.8. The van der Waals surface area contributed by atoms with Gasteiger partial charge in [0, 0.05) is 30.4 Å². The molecule has 0 unspecified atom stereocenters. The Kier molecular flexibility index (Phi) is 6.65. The molecule has 9 heteroatoms. The van der Waals surface area contributed by atoms with Crippen molar-refractivity contribution in [2.45, 2.75) is 25.7 Å². The summed E-state index contributed by atoms with van der Waals surface area (Å²) < 4.78 is 5.12. The lowest BCUT2D eigenvalue weighted by atomic mass is 9.98. The van der Waals surface area contributed by atoms with E-state index in [2.05, 4.69) is 20.8 Å². The number of hydrogen-bond donors (Lipinski definition) is 2. The molecule has 1 saturated heterocycles. The van der Waals surface area contributed by atoms with Gasteiger partial charge >= 0.3 is 6.03 Å². The number of methoxy groups -OCH3 is 1. The van der Waals surface area contributed by atoms with Crippen molar-refractivity contribution in [3.63, 3.8) is 0 Å². The average molecular weight is 452 g/mol. The lowest BCUT2D eigenvalue weighted by molar-refractivity contribution is 0.102. The minimum Gasteiger partial charge on any atom is -0.497 e. The van der Waals surface area contributed by atoms with Gasteiger partial charge < -0.3 is 20.3 Å². The molecule has 0 bridgehead atoms. The third-order valence-corrected chi connectivity index (χ3v) is 6.50. The smallest absolute Gasteiger partial charge is 0.321 e. The maximum Gasteiger partial charge on any atom is 0.321 e. The standard InChI is InChI=1S/C23H25N5O3S/c1-15-3-5-18(6-4-15)25-23(30)28-13-11-16(12-14-28)21-26-27-22(32-21)20(29)24-17-7-9-19(31-2)10-8-17/h3-10,16H,11-14H2,1-2H3,(H,24,29)(H,25,30). The number of anilines is 2. The molecular weight excluding hydrogens is 426 g/mol. The molecule has 2 N–H and O–H groups in total. The van der Waals surface area contributed by atoms with Crippen LogP contribution in [0.5, 0.6) is 5.75 Å². The highest BCUT2D eigenvalue weighted by Crippen LogP contribution is 2.30. The van der Waals surface area contributed by atoms with Crippen molar-refractivity contribution in [3.05, 3.63) is 64.1 Å². The van der Waals surface area contributed by atoms with Crippen LogP contribution in [0.4, 0.5) is 16.2 Å². The van der Waals surface area contributed by atoms with Gasteiger partial charge in [-0.15, -0.1) is 10.2 Å². The minimum atomic E-state index is -0.283. The maximum absolute atomic E-state index is 12.5. The summed E-state index contributed by atoms with van der Waals surface area (Å²) >= 11 is 1.31. The highest BCUT2D eigenvalue weighted by molar-refractivity contribution is 7.13. The molecule has 1 aliphatic heterocycles. The highest BCUT2D eigenvalue weighted by Gasteiger charge is 2.27. The largest absolute Gasteiger partial charge is 0.497 e. The van der Waals surface area contributed by atoms with E-state index in [9.17, 15) is 9.59 Å². The van der Waals surface area contributed by atoms with E-state index in [1.54, 1.807) is 31.4 Å². The van der Waals surface area contributed by atoms with Gasteiger partial charge in [-0.05, 0) is 56.2 Å². The predicted molar refractivity (Wildman–Crippen MR) is 125 cm³/mol. The van der Waals surface area contributed by atoms with Gasteiger partial charge in [0.2, 0.25) is 5.01 Å². The van der Waals surface area contributed by atoms with Crippen molar-refractivity contribution in [3.8, 4) is 5.75 Å². The summed E-state index contributed by atoms with van der Waals surface area (Å²) in [5.74, 6) is 0.632. The number of hydrogen-bond acceptors (Lipinski definition) is 6. The summed E-state index contributed by atoms with van der Waals surface area (Å²) in [5.41, 5.74) is 2.61.